The lowest BCUT2D eigenvalue weighted by atomic mass is 10.0. The molecule has 2 nitrogen and oxygen atoms in total. The standard InChI is InChI=1S/C14H10F2O2/c15-12-6-5-11(7-13(12)16)14(18)10-3-1-9(8-17)2-4-10/h1-7,17H,8H2. The van der Waals surface area contributed by atoms with Crippen molar-refractivity contribution in [3.8, 4) is 0 Å². The molecule has 2 aromatic carbocycles. The summed E-state index contributed by atoms with van der Waals surface area (Å²) in [5.41, 5.74) is 1.13. The number of ketones is 1. The zero-order chi connectivity index (χ0) is 13.1. The molecule has 0 unspecified atom stereocenters. The number of hydrogen-bond donors (Lipinski definition) is 1. The largest absolute Gasteiger partial charge is 0.392 e. The normalized spacial score (nSPS) is 10.4. The zero-order valence-electron chi connectivity index (χ0n) is 9.36. The van der Waals surface area contributed by atoms with Gasteiger partial charge in [0.15, 0.2) is 17.4 Å². The van der Waals surface area contributed by atoms with Crippen LogP contribution in [0.15, 0.2) is 42.5 Å². The van der Waals surface area contributed by atoms with Gasteiger partial charge in [0.05, 0.1) is 6.61 Å². The van der Waals surface area contributed by atoms with Gasteiger partial charge in [-0.2, -0.15) is 0 Å². The van der Waals surface area contributed by atoms with Crippen LogP contribution in [0.3, 0.4) is 0 Å². The second-order valence-electron chi connectivity index (χ2n) is 3.81. The molecule has 0 radical (unpaired) electrons. The molecule has 0 saturated carbocycles. The Bertz CT molecular complexity index is 577. The van der Waals surface area contributed by atoms with Gasteiger partial charge in [0.2, 0.25) is 0 Å². The third-order valence-electron chi connectivity index (χ3n) is 2.58. The van der Waals surface area contributed by atoms with Crippen molar-refractivity contribution in [3.05, 3.63) is 70.8 Å². The second kappa shape index (κ2) is 5.06. The molecule has 0 spiro atoms. The maximum atomic E-state index is 13.0. The smallest absolute Gasteiger partial charge is 0.193 e. The number of carbonyl (C=O) groups excluding carboxylic acids is 1. The first-order valence-electron chi connectivity index (χ1n) is 5.31. The quantitative estimate of drug-likeness (QED) is 0.848. The molecule has 0 aliphatic carbocycles. The molecule has 92 valence electrons. The second-order valence-corrected chi connectivity index (χ2v) is 3.81. The lowest BCUT2D eigenvalue weighted by Gasteiger charge is -2.03. The van der Waals surface area contributed by atoms with Crippen LogP contribution < -0.4 is 0 Å². The number of hydrogen-bond acceptors (Lipinski definition) is 2. The topological polar surface area (TPSA) is 37.3 Å². The van der Waals surface area contributed by atoms with E-state index in [2.05, 4.69) is 0 Å². The Hall–Kier alpha value is -2.07. The summed E-state index contributed by atoms with van der Waals surface area (Å²) in [5.74, 6) is -2.42. The zero-order valence-corrected chi connectivity index (χ0v) is 9.36. The molecule has 4 heteroatoms. The van der Waals surface area contributed by atoms with Gasteiger partial charge in [0.25, 0.3) is 0 Å². The number of benzene rings is 2. The minimum absolute atomic E-state index is 0.0886. The highest BCUT2D eigenvalue weighted by Crippen LogP contribution is 2.14. The molecule has 2 rings (SSSR count). The molecule has 2 aromatic rings. The van der Waals surface area contributed by atoms with E-state index in [0.717, 1.165) is 12.1 Å². The fourth-order valence-electron chi connectivity index (χ4n) is 1.57. The van der Waals surface area contributed by atoms with Crippen molar-refractivity contribution in [3.63, 3.8) is 0 Å². The Morgan fingerprint density at radius 2 is 1.56 bits per heavy atom. The summed E-state index contributed by atoms with van der Waals surface area (Å²) in [6.45, 7) is -0.111. The van der Waals surface area contributed by atoms with Crippen LogP contribution >= 0.6 is 0 Å². The van der Waals surface area contributed by atoms with Gasteiger partial charge in [-0.3, -0.25) is 4.79 Å². The number of halogens is 2. The third kappa shape index (κ3) is 2.43. The Balaban J connectivity index is 2.32. The van der Waals surface area contributed by atoms with Gasteiger partial charge >= 0.3 is 0 Å². The number of aliphatic hydroxyl groups excluding tert-OH is 1. The highest BCUT2D eigenvalue weighted by molar-refractivity contribution is 6.08. The average Bonchev–Trinajstić information content (AvgIpc) is 2.41. The van der Waals surface area contributed by atoms with Gasteiger partial charge < -0.3 is 5.11 Å². The molecule has 0 fully saturated rings. The highest BCUT2D eigenvalue weighted by atomic mass is 19.2. The van der Waals surface area contributed by atoms with Crippen molar-refractivity contribution in [1.29, 1.82) is 0 Å². The van der Waals surface area contributed by atoms with Crippen molar-refractivity contribution in [2.45, 2.75) is 6.61 Å². The van der Waals surface area contributed by atoms with E-state index in [4.69, 9.17) is 5.11 Å². The Labute approximate surface area is 103 Å². The van der Waals surface area contributed by atoms with Crippen molar-refractivity contribution in [2.24, 2.45) is 0 Å². The molecular formula is C14H10F2O2. The number of aliphatic hydroxyl groups is 1. The van der Waals surface area contributed by atoms with E-state index in [1.54, 1.807) is 12.1 Å². The SMILES string of the molecule is O=C(c1ccc(CO)cc1)c1ccc(F)c(F)c1. The minimum Gasteiger partial charge on any atom is -0.392 e. The Morgan fingerprint density at radius 1 is 0.944 bits per heavy atom. The van der Waals surface area contributed by atoms with Gasteiger partial charge in [-0.1, -0.05) is 24.3 Å². The fraction of sp³-hybridized carbons (Fsp3) is 0.0714. The summed E-state index contributed by atoms with van der Waals surface area (Å²) in [7, 11) is 0. The first-order valence-corrected chi connectivity index (χ1v) is 5.31. The van der Waals surface area contributed by atoms with Crippen molar-refractivity contribution >= 4 is 5.78 Å². The predicted molar refractivity (Wildman–Crippen MR) is 62.2 cm³/mol. The van der Waals surface area contributed by atoms with Gasteiger partial charge in [-0.05, 0) is 23.8 Å². The molecule has 0 bridgehead atoms. The molecule has 0 heterocycles. The highest BCUT2D eigenvalue weighted by Gasteiger charge is 2.11. The summed E-state index contributed by atoms with van der Waals surface area (Å²) >= 11 is 0. The van der Waals surface area contributed by atoms with Crippen LogP contribution in [-0.4, -0.2) is 10.9 Å². The molecule has 1 N–H and O–H groups in total. The van der Waals surface area contributed by atoms with Crippen LogP contribution in [0.5, 0.6) is 0 Å². The van der Waals surface area contributed by atoms with Crippen LogP contribution in [0.1, 0.15) is 21.5 Å². The van der Waals surface area contributed by atoms with Crippen molar-refractivity contribution in [2.75, 3.05) is 0 Å². The molecule has 0 atom stereocenters. The molecular weight excluding hydrogens is 238 g/mol. The van der Waals surface area contributed by atoms with Gasteiger partial charge in [0.1, 0.15) is 0 Å². The van der Waals surface area contributed by atoms with E-state index in [-0.39, 0.29) is 12.2 Å². The van der Waals surface area contributed by atoms with E-state index in [0.29, 0.717) is 11.1 Å². The predicted octanol–water partition coefficient (Wildman–Crippen LogP) is 2.69. The fourth-order valence-corrected chi connectivity index (χ4v) is 1.57. The lowest BCUT2D eigenvalue weighted by Crippen LogP contribution is -2.02. The average molecular weight is 248 g/mol. The van der Waals surface area contributed by atoms with Crippen LogP contribution in [0.2, 0.25) is 0 Å². The van der Waals surface area contributed by atoms with Gasteiger partial charge in [0, 0.05) is 11.1 Å². The number of rotatable bonds is 3. The maximum absolute atomic E-state index is 13.0. The summed E-state index contributed by atoms with van der Waals surface area (Å²) in [6, 6.07) is 9.31. The van der Waals surface area contributed by atoms with Gasteiger partial charge in [-0.15, -0.1) is 0 Å². The van der Waals surface area contributed by atoms with Gasteiger partial charge in [-0.25, -0.2) is 8.78 Å². The van der Waals surface area contributed by atoms with E-state index in [1.165, 1.54) is 18.2 Å². The molecule has 0 amide bonds. The lowest BCUT2D eigenvalue weighted by molar-refractivity contribution is 0.103. The monoisotopic (exact) mass is 248 g/mol. The third-order valence-corrected chi connectivity index (χ3v) is 2.58. The molecule has 0 aliphatic heterocycles. The molecule has 0 saturated heterocycles. The summed E-state index contributed by atoms with van der Waals surface area (Å²) in [4.78, 5) is 12.0. The first kappa shape index (κ1) is 12.4. The Kier molecular flexibility index (Phi) is 3.48. The van der Waals surface area contributed by atoms with Crippen molar-refractivity contribution < 1.29 is 18.7 Å². The van der Waals surface area contributed by atoms with Crippen LogP contribution in [0.4, 0.5) is 8.78 Å². The van der Waals surface area contributed by atoms with E-state index in [1.807, 2.05) is 0 Å². The number of carbonyl (C=O) groups is 1. The molecule has 0 aromatic heterocycles. The molecule has 18 heavy (non-hydrogen) atoms. The maximum Gasteiger partial charge on any atom is 0.193 e. The van der Waals surface area contributed by atoms with Crippen molar-refractivity contribution in [1.82, 2.24) is 0 Å². The summed E-state index contributed by atoms with van der Waals surface area (Å²) < 4.78 is 25.8. The van der Waals surface area contributed by atoms with E-state index < -0.39 is 17.4 Å². The Morgan fingerprint density at radius 3 is 2.11 bits per heavy atom. The van der Waals surface area contributed by atoms with E-state index in [9.17, 15) is 13.6 Å². The molecule has 0 aliphatic rings. The van der Waals surface area contributed by atoms with Crippen LogP contribution in [0.25, 0.3) is 0 Å². The first-order chi connectivity index (χ1) is 8.61. The van der Waals surface area contributed by atoms with E-state index >= 15 is 0 Å². The van der Waals surface area contributed by atoms with Crippen LogP contribution in [0, 0.1) is 11.6 Å². The van der Waals surface area contributed by atoms with Crippen LogP contribution in [-0.2, 0) is 6.61 Å². The summed E-state index contributed by atoms with van der Waals surface area (Å²) in [5, 5.41) is 8.87. The minimum atomic E-state index is -1.05. The summed E-state index contributed by atoms with van der Waals surface area (Å²) in [6.07, 6.45) is 0.